The first-order valence-electron chi connectivity index (χ1n) is 7.68. The molecular weight excluding hydrogens is 266 g/mol. The minimum absolute atomic E-state index is 0.111. The van der Waals surface area contributed by atoms with E-state index in [0.29, 0.717) is 11.6 Å². The average molecular weight is 291 g/mol. The molecule has 0 radical (unpaired) electrons. The number of aryl methyl sites for hydroxylation is 1. The summed E-state index contributed by atoms with van der Waals surface area (Å²) in [6, 6.07) is 0.439. The van der Waals surface area contributed by atoms with Gasteiger partial charge in [0.15, 0.2) is 11.7 Å². The van der Waals surface area contributed by atoms with Gasteiger partial charge in [0.05, 0.1) is 11.3 Å². The van der Waals surface area contributed by atoms with E-state index in [1.165, 1.54) is 12.8 Å². The summed E-state index contributed by atoms with van der Waals surface area (Å²) >= 11 is 0. The topological polar surface area (TPSA) is 87.6 Å². The lowest BCUT2D eigenvalue weighted by molar-refractivity contribution is 0.318. The molecule has 0 aromatic carbocycles. The molecule has 0 spiro atoms. The van der Waals surface area contributed by atoms with E-state index in [4.69, 9.17) is 10.9 Å². The number of anilines is 1. The number of rotatable bonds is 3. The van der Waals surface area contributed by atoms with Crippen LogP contribution in [0.1, 0.15) is 55.8 Å². The van der Waals surface area contributed by atoms with E-state index in [1.807, 2.05) is 13.8 Å². The van der Waals surface area contributed by atoms with Gasteiger partial charge in [0.25, 0.3) is 0 Å². The summed E-state index contributed by atoms with van der Waals surface area (Å²) in [5, 5.41) is 20.9. The van der Waals surface area contributed by atoms with Crippen LogP contribution in [0.25, 0.3) is 0 Å². The first-order valence-corrected chi connectivity index (χ1v) is 7.68. The zero-order valence-corrected chi connectivity index (χ0v) is 13.1. The summed E-state index contributed by atoms with van der Waals surface area (Å²) in [6.45, 7) is 6.97. The molecule has 0 saturated carbocycles. The van der Waals surface area contributed by atoms with Crippen LogP contribution in [0.2, 0.25) is 0 Å². The van der Waals surface area contributed by atoms with Crippen LogP contribution in [-0.4, -0.2) is 33.8 Å². The summed E-state index contributed by atoms with van der Waals surface area (Å²) in [4.78, 5) is 2.29. The number of hydrogen-bond acceptors (Lipinski definition) is 5. The minimum atomic E-state index is 0.111. The Kier molecular flexibility index (Phi) is 4.98. The molecule has 1 aliphatic rings. The SMILES string of the molecule is CCC1CCCCCN1c1nnc(C)c(C)c1C(N)=NO. The van der Waals surface area contributed by atoms with Crippen molar-refractivity contribution in [2.24, 2.45) is 10.9 Å². The molecule has 0 amide bonds. The number of aromatic nitrogens is 2. The summed E-state index contributed by atoms with van der Waals surface area (Å²) in [6.07, 6.45) is 5.84. The van der Waals surface area contributed by atoms with E-state index in [1.54, 1.807) is 0 Å². The van der Waals surface area contributed by atoms with E-state index in [9.17, 15) is 0 Å². The van der Waals surface area contributed by atoms with Gasteiger partial charge in [0.2, 0.25) is 0 Å². The van der Waals surface area contributed by atoms with Gasteiger partial charge in [-0.2, -0.15) is 5.10 Å². The maximum Gasteiger partial charge on any atom is 0.174 e. The smallest absolute Gasteiger partial charge is 0.174 e. The molecule has 1 aromatic rings. The predicted molar refractivity (Wildman–Crippen MR) is 83.9 cm³/mol. The van der Waals surface area contributed by atoms with Crippen molar-refractivity contribution >= 4 is 11.7 Å². The molecule has 21 heavy (non-hydrogen) atoms. The molecule has 0 aliphatic carbocycles. The Morgan fingerprint density at radius 1 is 1.33 bits per heavy atom. The summed E-state index contributed by atoms with van der Waals surface area (Å²) in [7, 11) is 0. The van der Waals surface area contributed by atoms with E-state index in [-0.39, 0.29) is 5.84 Å². The Labute approximate surface area is 126 Å². The predicted octanol–water partition coefficient (Wildman–Crippen LogP) is 2.35. The summed E-state index contributed by atoms with van der Waals surface area (Å²) in [5.74, 6) is 0.863. The highest BCUT2D eigenvalue weighted by molar-refractivity contribution is 6.02. The van der Waals surface area contributed by atoms with Crippen molar-refractivity contribution in [1.82, 2.24) is 10.2 Å². The molecule has 2 heterocycles. The molecule has 6 nitrogen and oxygen atoms in total. The normalized spacial score (nSPS) is 20.4. The van der Waals surface area contributed by atoms with Gasteiger partial charge in [-0.3, -0.25) is 0 Å². The number of oxime groups is 1. The van der Waals surface area contributed by atoms with Gasteiger partial charge in [0.1, 0.15) is 0 Å². The first-order chi connectivity index (χ1) is 10.1. The van der Waals surface area contributed by atoms with Gasteiger partial charge in [-0.25, -0.2) is 0 Å². The van der Waals surface area contributed by atoms with Crippen LogP contribution in [0.15, 0.2) is 5.16 Å². The molecule has 2 rings (SSSR count). The van der Waals surface area contributed by atoms with E-state index in [0.717, 1.165) is 42.9 Å². The van der Waals surface area contributed by atoms with Gasteiger partial charge in [-0.15, -0.1) is 5.10 Å². The van der Waals surface area contributed by atoms with Crippen LogP contribution in [0.3, 0.4) is 0 Å². The number of amidine groups is 1. The van der Waals surface area contributed by atoms with Crippen LogP contribution in [0, 0.1) is 13.8 Å². The second-order valence-corrected chi connectivity index (χ2v) is 5.70. The van der Waals surface area contributed by atoms with Crippen LogP contribution >= 0.6 is 0 Å². The second kappa shape index (κ2) is 6.74. The zero-order chi connectivity index (χ0) is 15.4. The quantitative estimate of drug-likeness (QED) is 0.386. The highest BCUT2D eigenvalue weighted by atomic mass is 16.4. The number of hydrogen-bond donors (Lipinski definition) is 2. The van der Waals surface area contributed by atoms with Crippen molar-refractivity contribution in [3.63, 3.8) is 0 Å². The molecular formula is C15H25N5O. The van der Waals surface area contributed by atoms with Gasteiger partial charge in [-0.1, -0.05) is 24.9 Å². The standard InChI is InChI=1S/C15H25N5O/c1-4-12-8-6-5-7-9-20(12)15-13(14(16)19-21)10(2)11(3)17-18-15/h12,21H,4-9H2,1-3H3,(H2,16,19). The number of nitrogens with two attached hydrogens (primary N) is 1. The largest absolute Gasteiger partial charge is 0.409 e. The monoisotopic (exact) mass is 291 g/mol. The Balaban J connectivity index is 2.53. The average Bonchev–Trinajstić information content (AvgIpc) is 2.74. The molecule has 3 N–H and O–H groups in total. The first kappa shape index (κ1) is 15.5. The number of nitrogens with zero attached hydrogens (tertiary/aromatic N) is 4. The molecule has 0 bridgehead atoms. The van der Waals surface area contributed by atoms with Crippen molar-refractivity contribution in [3.8, 4) is 0 Å². The molecule has 1 fully saturated rings. The van der Waals surface area contributed by atoms with Crippen molar-refractivity contribution in [2.45, 2.75) is 58.9 Å². The Morgan fingerprint density at radius 2 is 2.10 bits per heavy atom. The van der Waals surface area contributed by atoms with Gasteiger partial charge in [0, 0.05) is 12.6 Å². The van der Waals surface area contributed by atoms with E-state index in [2.05, 4.69) is 27.2 Å². The Hall–Kier alpha value is -1.85. The van der Waals surface area contributed by atoms with Gasteiger partial charge < -0.3 is 15.8 Å². The molecule has 1 aromatic heterocycles. The Bertz CT molecular complexity index is 529. The van der Waals surface area contributed by atoms with Crippen LogP contribution in [-0.2, 0) is 0 Å². The van der Waals surface area contributed by atoms with Crippen molar-refractivity contribution < 1.29 is 5.21 Å². The molecule has 1 atom stereocenters. The van der Waals surface area contributed by atoms with Gasteiger partial charge in [-0.05, 0) is 38.7 Å². The molecule has 1 saturated heterocycles. The van der Waals surface area contributed by atoms with Crippen LogP contribution < -0.4 is 10.6 Å². The highest BCUT2D eigenvalue weighted by Gasteiger charge is 2.26. The molecule has 1 aliphatic heterocycles. The van der Waals surface area contributed by atoms with Gasteiger partial charge >= 0.3 is 0 Å². The van der Waals surface area contributed by atoms with E-state index < -0.39 is 0 Å². The Morgan fingerprint density at radius 3 is 2.76 bits per heavy atom. The lowest BCUT2D eigenvalue weighted by Crippen LogP contribution is -2.37. The zero-order valence-electron chi connectivity index (χ0n) is 13.1. The third kappa shape index (κ3) is 3.09. The fraction of sp³-hybridized carbons (Fsp3) is 0.667. The van der Waals surface area contributed by atoms with Crippen LogP contribution in [0.5, 0.6) is 0 Å². The maximum absolute atomic E-state index is 9.10. The molecule has 116 valence electrons. The third-order valence-corrected chi connectivity index (χ3v) is 4.42. The summed E-state index contributed by atoms with van der Waals surface area (Å²) in [5.41, 5.74) is 8.35. The fourth-order valence-corrected chi connectivity index (χ4v) is 3.03. The van der Waals surface area contributed by atoms with Crippen molar-refractivity contribution in [1.29, 1.82) is 0 Å². The molecule has 6 heteroatoms. The lowest BCUT2D eigenvalue weighted by atomic mass is 10.0. The third-order valence-electron chi connectivity index (χ3n) is 4.42. The van der Waals surface area contributed by atoms with Crippen LogP contribution in [0.4, 0.5) is 5.82 Å². The highest BCUT2D eigenvalue weighted by Crippen LogP contribution is 2.28. The molecule has 1 unspecified atom stereocenters. The van der Waals surface area contributed by atoms with E-state index >= 15 is 0 Å². The minimum Gasteiger partial charge on any atom is -0.409 e. The fourth-order valence-electron chi connectivity index (χ4n) is 3.03. The maximum atomic E-state index is 9.10. The van der Waals surface area contributed by atoms with Crippen molar-refractivity contribution in [3.05, 3.63) is 16.8 Å². The second-order valence-electron chi connectivity index (χ2n) is 5.70. The van der Waals surface area contributed by atoms with Crippen molar-refractivity contribution in [2.75, 3.05) is 11.4 Å². The lowest BCUT2D eigenvalue weighted by Gasteiger charge is -2.31. The summed E-state index contributed by atoms with van der Waals surface area (Å²) < 4.78 is 0.